The zero-order chi connectivity index (χ0) is 44.6. The molecule has 3 heterocycles. The monoisotopic (exact) mass is 857 g/mol. The Morgan fingerprint density at radius 1 is 0.952 bits per heavy atom. The standard InChI is InChI=1S/C43H43F4N9O6/c1-21(55(3)32-8-6-7-25-35(32)42(62)56(41(25)61)33-13-14-34(48)54-40(33)60)37(57)50-15-4-5-16-51-38(58)24-12-9-22(17-30(24)44)26-18-27-31(19-29(26)43(45,46)47)52-20-28(36(27)49-2)39(59)53-23-10-11-23/h6-9,12,17-21,23,33H,4-5,10-11,13-16H2,1-3H3,(H,49,52)(H,50,57)(H,51,58)(H,53,59)(H2,48,54,60)/t21-,33?/m1/s1. The van der Waals surface area contributed by atoms with E-state index in [0.29, 0.717) is 18.5 Å². The number of benzene rings is 3. The first-order valence-corrected chi connectivity index (χ1v) is 20.0. The molecule has 0 spiro atoms. The number of hydrogen-bond acceptors (Lipinski definition) is 10. The highest BCUT2D eigenvalue weighted by Gasteiger charge is 2.46. The van der Waals surface area contributed by atoms with E-state index in [-0.39, 0.29) is 87.8 Å². The zero-order valence-electron chi connectivity index (χ0n) is 33.9. The Labute approximate surface area is 352 Å². The summed E-state index contributed by atoms with van der Waals surface area (Å²) in [5.41, 5.74) is -1.10. The first-order chi connectivity index (χ1) is 29.5. The first-order valence-electron chi connectivity index (χ1n) is 20.0. The molecule has 4 aromatic rings. The molecule has 6 amide bonds. The van der Waals surface area contributed by atoms with Gasteiger partial charge in [-0.05, 0) is 86.6 Å². The van der Waals surface area contributed by atoms with Crippen molar-refractivity contribution >= 4 is 63.6 Å². The number of anilines is 2. The SMILES string of the molecule is CNc1c(C(=O)NC2CC2)cnc2cc(C(F)(F)F)c(-c3ccc(C(=O)NCCCCNC(=O)[C@@H](C)N(C)c4cccc5c4C(=O)N(C4CCC(=N)NC4=O)C5=O)c(F)c3)cc12. The van der Waals surface area contributed by atoms with Crippen LogP contribution < -0.4 is 31.5 Å². The van der Waals surface area contributed by atoms with E-state index in [1.165, 1.54) is 31.4 Å². The van der Waals surface area contributed by atoms with Crippen LogP contribution in [0.4, 0.5) is 28.9 Å². The van der Waals surface area contributed by atoms with E-state index < -0.39 is 65.1 Å². The number of piperidine rings is 1. The Balaban J connectivity index is 0.943. The molecular formula is C43H43F4N9O6. The van der Waals surface area contributed by atoms with Crippen molar-refractivity contribution in [3.8, 4) is 11.1 Å². The molecule has 2 atom stereocenters. The largest absolute Gasteiger partial charge is 0.417 e. The first kappa shape index (κ1) is 43.2. The van der Waals surface area contributed by atoms with Crippen LogP contribution in [-0.4, -0.2) is 96.5 Å². The molecule has 7 rings (SSSR count). The summed E-state index contributed by atoms with van der Waals surface area (Å²) in [6, 6.07) is 8.04. The number of fused-ring (bicyclic) bond motifs is 2. The van der Waals surface area contributed by atoms with Crippen molar-refractivity contribution in [2.24, 2.45) is 0 Å². The predicted octanol–water partition coefficient (Wildman–Crippen LogP) is 5.00. The minimum absolute atomic E-state index is 0.00841. The van der Waals surface area contributed by atoms with Gasteiger partial charge in [-0.3, -0.25) is 44.1 Å². The molecule has 2 aliphatic heterocycles. The van der Waals surface area contributed by atoms with Crippen molar-refractivity contribution in [3.63, 3.8) is 0 Å². The highest BCUT2D eigenvalue weighted by molar-refractivity contribution is 6.25. The molecule has 1 aliphatic carbocycles. The highest BCUT2D eigenvalue weighted by atomic mass is 19.4. The number of nitrogens with zero attached hydrogens (tertiary/aromatic N) is 3. The Kier molecular flexibility index (Phi) is 12.0. The predicted molar refractivity (Wildman–Crippen MR) is 220 cm³/mol. The van der Waals surface area contributed by atoms with Gasteiger partial charge in [0.1, 0.15) is 17.9 Å². The van der Waals surface area contributed by atoms with Crippen LogP contribution >= 0.6 is 0 Å². The maximum Gasteiger partial charge on any atom is 0.417 e. The van der Waals surface area contributed by atoms with Crippen molar-refractivity contribution in [1.29, 1.82) is 5.41 Å². The third-order valence-corrected chi connectivity index (χ3v) is 11.3. The Morgan fingerprint density at radius 3 is 2.34 bits per heavy atom. The molecule has 1 saturated carbocycles. The number of amidine groups is 1. The second-order valence-electron chi connectivity index (χ2n) is 15.4. The number of carbonyl (C=O) groups is 6. The number of pyridine rings is 1. The number of aromatic nitrogens is 1. The van der Waals surface area contributed by atoms with E-state index in [1.54, 1.807) is 31.0 Å². The summed E-state index contributed by atoms with van der Waals surface area (Å²) >= 11 is 0. The second kappa shape index (κ2) is 17.2. The van der Waals surface area contributed by atoms with Crippen LogP contribution in [0.25, 0.3) is 22.0 Å². The van der Waals surface area contributed by atoms with Gasteiger partial charge in [-0.25, -0.2) is 4.39 Å². The van der Waals surface area contributed by atoms with Crippen LogP contribution in [0.2, 0.25) is 0 Å². The van der Waals surface area contributed by atoms with Crippen molar-refractivity contribution < 1.29 is 46.3 Å². The quantitative estimate of drug-likeness (QED) is 0.0573. The summed E-state index contributed by atoms with van der Waals surface area (Å²) in [4.78, 5) is 85.0. The van der Waals surface area contributed by atoms with Gasteiger partial charge in [0.25, 0.3) is 23.6 Å². The molecule has 6 N–H and O–H groups in total. The number of amides is 6. The molecule has 0 bridgehead atoms. The number of imide groups is 1. The normalized spacial score (nSPS) is 16.8. The number of alkyl halides is 3. The number of hydrogen-bond donors (Lipinski definition) is 6. The summed E-state index contributed by atoms with van der Waals surface area (Å²) in [5.74, 6) is -4.56. The van der Waals surface area contributed by atoms with Gasteiger partial charge in [-0.15, -0.1) is 0 Å². The average molecular weight is 858 g/mol. The lowest BCUT2D eigenvalue weighted by Gasteiger charge is -2.29. The van der Waals surface area contributed by atoms with Gasteiger partial charge in [0, 0.05) is 51.2 Å². The van der Waals surface area contributed by atoms with Crippen LogP contribution in [0.15, 0.2) is 54.7 Å². The third kappa shape index (κ3) is 8.51. The lowest BCUT2D eigenvalue weighted by Crippen LogP contribution is -2.54. The third-order valence-electron chi connectivity index (χ3n) is 11.3. The van der Waals surface area contributed by atoms with Gasteiger partial charge in [0.2, 0.25) is 11.8 Å². The van der Waals surface area contributed by atoms with Gasteiger partial charge in [0.15, 0.2) is 0 Å². The highest BCUT2D eigenvalue weighted by Crippen LogP contribution is 2.42. The molecule has 19 heteroatoms. The fourth-order valence-electron chi connectivity index (χ4n) is 7.62. The van der Waals surface area contributed by atoms with Crippen molar-refractivity contribution in [2.45, 2.75) is 69.8 Å². The summed E-state index contributed by atoms with van der Waals surface area (Å²) in [6.07, 6.45) is -0.874. The van der Waals surface area contributed by atoms with Crippen LogP contribution in [-0.2, 0) is 15.8 Å². The van der Waals surface area contributed by atoms with Crippen molar-refractivity contribution in [3.05, 3.63) is 88.4 Å². The zero-order valence-corrected chi connectivity index (χ0v) is 33.9. The summed E-state index contributed by atoms with van der Waals surface area (Å²) in [6.45, 7) is 1.90. The number of likely N-dealkylation sites (N-methyl/N-ethyl adjacent to an activating group) is 1. The lowest BCUT2D eigenvalue weighted by atomic mass is 9.94. The molecule has 1 saturated heterocycles. The molecule has 3 aromatic carbocycles. The molecule has 3 aliphatic rings. The maximum atomic E-state index is 15.5. The lowest BCUT2D eigenvalue weighted by molar-refractivity contribution is -0.137. The maximum absolute atomic E-state index is 15.5. The van der Waals surface area contributed by atoms with Crippen LogP contribution in [0.3, 0.4) is 0 Å². The van der Waals surface area contributed by atoms with Crippen LogP contribution in [0.1, 0.15) is 92.4 Å². The molecule has 1 unspecified atom stereocenters. The van der Waals surface area contributed by atoms with E-state index >= 15 is 4.39 Å². The van der Waals surface area contributed by atoms with Gasteiger partial charge in [0.05, 0.1) is 50.5 Å². The fourth-order valence-corrected chi connectivity index (χ4v) is 7.62. The molecule has 62 heavy (non-hydrogen) atoms. The van der Waals surface area contributed by atoms with E-state index in [1.807, 2.05) is 0 Å². The van der Waals surface area contributed by atoms with E-state index in [4.69, 9.17) is 5.41 Å². The van der Waals surface area contributed by atoms with Crippen LogP contribution in [0, 0.1) is 11.2 Å². The minimum Gasteiger partial charge on any atom is -0.387 e. The number of halogens is 4. The topological polar surface area (TPSA) is 206 Å². The summed E-state index contributed by atoms with van der Waals surface area (Å²) in [7, 11) is 3.12. The molecule has 0 radical (unpaired) electrons. The van der Waals surface area contributed by atoms with Crippen LogP contribution in [0.5, 0.6) is 0 Å². The van der Waals surface area contributed by atoms with Gasteiger partial charge in [-0.1, -0.05) is 12.1 Å². The fraction of sp³-hybridized carbons (Fsp3) is 0.349. The van der Waals surface area contributed by atoms with Gasteiger partial charge in [-0.2, -0.15) is 13.2 Å². The van der Waals surface area contributed by atoms with Gasteiger partial charge < -0.3 is 31.5 Å². The smallest absolute Gasteiger partial charge is 0.387 e. The van der Waals surface area contributed by atoms with Crippen molar-refractivity contribution in [1.82, 2.24) is 31.2 Å². The van der Waals surface area contributed by atoms with E-state index in [2.05, 4.69) is 31.6 Å². The number of unbranched alkanes of at least 4 members (excludes halogenated alkanes) is 1. The number of carbonyl (C=O) groups excluding carboxylic acids is 6. The molecule has 1 aromatic heterocycles. The number of nitrogens with one attached hydrogen (secondary N) is 6. The minimum atomic E-state index is -4.84. The van der Waals surface area contributed by atoms with Crippen molar-refractivity contribution in [2.75, 3.05) is 37.4 Å². The molecular weight excluding hydrogens is 815 g/mol. The molecule has 15 nitrogen and oxygen atoms in total. The van der Waals surface area contributed by atoms with Gasteiger partial charge >= 0.3 is 6.18 Å². The Hall–Kier alpha value is -6.92. The Bertz CT molecular complexity index is 2540. The summed E-state index contributed by atoms with van der Waals surface area (Å²) < 4.78 is 58.5. The number of rotatable bonds is 14. The molecule has 2 fully saturated rings. The Morgan fingerprint density at radius 2 is 1.68 bits per heavy atom. The van der Waals surface area contributed by atoms with E-state index in [9.17, 15) is 41.9 Å². The van der Waals surface area contributed by atoms with E-state index in [0.717, 1.165) is 35.9 Å². The second-order valence-corrected chi connectivity index (χ2v) is 15.4. The summed E-state index contributed by atoms with van der Waals surface area (Å²) in [5, 5.41) is 21.4. The average Bonchev–Trinajstić information content (AvgIpc) is 4.02. The molecule has 324 valence electrons.